The van der Waals surface area contributed by atoms with Gasteiger partial charge in [-0.2, -0.15) is 5.10 Å². The molecule has 0 aromatic carbocycles. The fourth-order valence-electron chi connectivity index (χ4n) is 3.31. The highest BCUT2D eigenvalue weighted by molar-refractivity contribution is 7.15. The van der Waals surface area contributed by atoms with Crippen LogP contribution in [0.5, 0.6) is 0 Å². The molecule has 24 heavy (non-hydrogen) atoms. The first-order valence-corrected chi connectivity index (χ1v) is 8.87. The normalized spacial score (nSPS) is 19.2. The summed E-state index contributed by atoms with van der Waals surface area (Å²) in [4.78, 5) is 21.5. The summed E-state index contributed by atoms with van der Waals surface area (Å²) in [6, 6.07) is 0.331. The van der Waals surface area contributed by atoms with E-state index in [1.54, 1.807) is 22.4 Å². The van der Waals surface area contributed by atoms with E-state index < -0.39 is 0 Å². The topological polar surface area (TPSA) is 70.7 Å². The molecule has 0 saturated carbocycles. The van der Waals surface area contributed by atoms with Crippen molar-refractivity contribution in [2.75, 3.05) is 31.1 Å². The third kappa shape index (κ3) is 2.28. The summed E-state index contributed by atoms with van der Waals surface area (Å²) >= 11 is 1.66. The molecule has 9 heteroatoms. The van der Waals surface area contributed by atoms with Gasteiger partial charge in [0.05, 0.1) is 23.6 Å². The highest BCUT2D eigenvalue weighted by atomic mass is 32.1. The number of urea groups is 1. The smallest absolute Gasteiger partial charge is 0.322 e. The molecule has 0 unspecified atom stereocenters. The van der Waals surface area contributed by atoms with Crippen molar-refractivity contribution in [1.29, 1.82) is 0 Å². The maximum absolute atomic E-state index is 11.7. The monoisotopic (exact) mass is 343 g/mol. The Morgan fingerprint density at radius 3 is 3.04 bits per heavy atom. The number of imidazole rings is 1. The number of amides is 2. The number of hydrogen-bond donors (Lipinski definition) is 1. The number of fused-ring (bicyclic) bond motifs is 1. The van der Waals surface area contributed by atoms with Crippen molar-refractivity contribution in [1.82, 2.24) is 29.4 Å². The van der Waals surface area contributed by atoms with Crippen LogP contribution in [-0.2, 0) is 6.54 Å². The minimum Gasteiger partial charge on any atom is -0.336 e. The Hall–Kier alpha value is -2.39. The maximum atomic E-state index is 11.7. The molecule has 0 atom stereocenters. The summed E-state index contributed by atoms with van der Waals surface area (Å²) in [5.41, 5.74) is 1.98. The molecule has 5 heterocycles. The van der Waals surface area contributed by atoms with E-state index in [1.165, 1.54) is 0 Å². The minimum atomic E-state index is -0.0375. The largest absolute Gasteiger partial charge is 0.336 e. The lowest BCUT2D eigenvalue weighted by Gasteiger charge is -2.38. The molecule has 124 valence electrons. The minimum absolute atomic E-state index is 0.0375. The molecule has 2 aliphatic heterocycles. The van der Waals surface area contributed by atoms with Crippen LogP contribution < -0.4 is 10.2 Å². The number of aromatic nitrogens is 4. The van der Waals surface area contributed by atoms with Crippen molar-refractivity contribution in [3.63, 3.8) is 0 Å². The second kappa shape index (κ2) is 5.32. The number of hydrogen-bond acceptors (Lipinski definition) is 5. The van der Waals surface area contributed by atoms with Crippen LogP contribution in [0.25, 0.3) is 4.96 Å². The lowest BCUT2D eigenvalue weighted by molar-refractivity contribution is 0.0897. The second-order valence-electron chi connectivity index (χ2n) is 6.24. The highest BCUT2D eigenvalue weighted by Gasteiger charge is 2.30. The van der Waals surface area contributed by atoms with Crippen molar-refractivity contribution in [2.24, 2.45) is 0 Å². The van der Waals surface area contributed by atoms with Gasteiger partial charge >= 0.3 is 6.03 Å². The Morgan fingerprint density at radius 2 is 2.25 bits per heavy atom. The van der Waals surface area contributed by atoms with Gasteiger partial charge < -0.3 is 5.32 Å². The van der Waals surface area contributed by atoms with Gasteiger partial charge in [0.25, 0.3) is 0 Å². The number of nitrogens with zero attached hydrogens (tertiary/aromatic N) is 6. The Bertz CT molecular complexity index is 862. The fraction of sp³-hybridized carbons (Fsp3) is 0.400. The fourth-order valence-corrected chi connectivity index (χ4v) is 4.02. The van der Waals surface area contributed by atoms with E-state index in [9.17, 15) is 4.79 Å². The van der Waals surface area contributed by atoms with Gasteiger partial charge in [-0.05, 0) is 0 Å². The van der Waals surface area contributed by atoms with Crippen LogP contribution in [0.2, 0.25) is 0 Å². The van der Waals surface area contributed by atoms with Crippen molar-refractivity contribution < 1.29 is 4.79 Å². The molecule has 0 spiro atoms. The van der Waals surface area contributed by atoms with Gasteiger partial charge in [0.2, 0.25) is 0 Å². The van der Waals surface area contributed by atoms with Crippen molar-refractivity contribution in [3.8, 4) is 0 Å². The van der Waals surface area contributed by atoms with E-state index in [1.807, 2.05) is 22.5 Å². The van der Waals surface area contributed by atoms with Crippen LogP contribution in [0.4, 0.5) is 10.5 Å². The van der Waals surface area contributed by atoms with Gasteiger partial charge in [0.1, 0.15) is 0 Å². The van der Waals surface area contributed by atoms with E-state index in [4.69, 9.17) is 0 Å². The molecule has 1 N–H and O–H groups in total. The predicted octanol–water partition coefficient (Wildman–Crippen LogP) is 1.18. The number of carbonyl (C=O) groups is 1. The summed E-state index contributed by atoms with van der Waals surface area (Å²) in [6.45, 7) is 4.19. The Balaban J connectivity index is 1.21. The molecule has 5 rings (SSSR count). The van der Waals surface area contributed by atoms with E-state index >= 15 is 0 Å². The number of carbonyl (C=O) groups excluding carboxylic acids is 1. The van der Waals surface area contributed by atoms with E-state index in [0.29, 0.717) is 19.1 Å². The standard InChI is InChI=1S/C15H17N7OS/c23-14-16-1-2-21(14)12-5-17-22(10-12)13-8-19(9-13)6-11-7-20-3-4-24-15(20)18-11/h3-5,7,10,13H,1-2,6,8-9H2,(H,16,23). The van der Waals surface area contributed by atoms with Gasteiger partial charge in [-0.15, -0.1) is 11.3 Å². The summed E-state index contributed by atoms with van der Waals surface area (Å²) in [5.74, 6) is 0. The number of rotatable bonds is 4. The molecule has 2 fully saturated rings. The first-order valence-electron chi connectivity index (χ1n) is 7.99. The van der Waals surface area contributed by atoms with Gasteiger partial charge in [-0.3, -0.25) is 18.9 Å². The van der Waals surface area contributed by atoms with Gasteiger partial charge in [0, 0.05) is 56.7 Å². The third-order valence-electron chi connectivity index (χ3n) is 4.60. The number of likely N-dealkylation sites (tertiary alicyclic amines) is 1. The van der Waals surface area contributed by atoms with Gasteiger partial charge in [0.15, 0.2) is 4.96 Å². The first kappa shape index (κ1) is 14.0. The molecule has 0 bridgehead atoms. The van der Waals surface area contributed by atoms with Crippen LogP contribution in [0.3, 0.4) is 0 Å². The summed E-state index contributed by atoms with van der Waals surface area (Å²) in [5, 5.41) is 9.29. The number of anilines is 1. The lowest BCUT2D eigenvalue weighted by Crippen LogP contribution is -2.47. The number of thiazole rings is 1. The SMILES string of the molecule is O=C1NCCN1c1cnn(C2CN(Cc3cn4ccsc4n3)C2)c1. The van der Waals surface area contributed by atoms with Gasteiger partial charge in [-0.1, -0.05) is 0 Å². The molecule has 2 aliphatic rings. The van der Waals surface area contributed by atoms with Crippen LogP contribution in [0.1, 0.15) is 11.7 Å². The summed E-state index contributed by atoms with van der Waals surface area (Å²) in [7, 11) is 0. The molecule has 3 aromatic heterocycles. The van der Waals surface area contributed by atoms with Crippen molar-refractivity contribution in [2.45, 2.75) is 12.6 Å². The molecule has 0 aliphatic carbocycles. The van der Waals surface area contributed by atoms with Gasteiger partial charge in [-0.25, -0.2) is 9.78 Å². The summed E-state index contributed by atoms with van der Waals surface area (Å²) < 4.78 is 4.04. The average Bonchev–Trinajstić information content (AvgIpc) is 3.25. The Labute approximate surface area is 142 Å². The Morgan fingerprint density at radius 1 is 1.33 bits per heavy atom. The zero-order valence-corrected chi connectivity index (χ0v) is 13.8. The van der Waals surface area contributed by atoms with E-state index in [0.717, 1.165) is 36.0 Å². The highest BCUT2D eigenvalue weighted by Crippen LogP contribution is 2.25. The first-order chi connectivity index (χ1) is 11.8. The molecule has 2 saturated heterocycles. The van der Waals surface area contributed by atoms with Crippen molar-refractivity contribution in [3.05, 3.63) is 35.9 Å². The zero-order chi connectivity index (χ0) is 16.1. The second-order valence-corrected chi connectivity index (χ2v) is 7.11. The van der Waals surface area contributed by atoms with Crippen LogP contribution >= 0.6 is 11.3 Å². The van der Waals surface area contributed by atoms with E-state index in [-0.39, 0.29) is 6.03 Å². The maximum Gasteiger partial charge on any atom is 0.322 e. The third-order valence-corrected chi connectivity index (χ3v) is 5.37. The van der Waals surface area contributed by atoms with Crippen LogP contribution in [0.15, 0.2) is 30.2 Å². The van der Waals surface area contributed by atoms with Crippen LogP contribution in [0, 0.1) is 0 Å². The molecule has 2 amide bonds. The quantitative estimate of drug-likeness (QED) is 0.772. The molecule has 8 nitrogen and oxygen atoms in total. The molecule has 0 radical (unpaired) electrons. The number of nitrogens with one attached hydrogen (secondary N) is 1. The molecule has 3 aromatic rings. The predicted molar refractivity (Wildman–Crippen MR) is 90.4 cm³/mol. The zero-order valence-electron chi connectivity index (χ0n) is 13.0. The average molecular weight is 343 g/mol. The van der Waals surface area contributed by atoms with Crippen molar-refractivity contribution >= 4 is 28.0 Å². The van der Waals surface area contributed by atoms with Crippen LogP contribution in [-0.4, -0.2) is 56.3 Å². The molecular formula is C15H17N7OS. The summed E-state index contributed by atoms with van der Waals surface area (Å²) in [6.07, 6.45) is 7.88. The Kier molecular flexibility index (Phi) is 3.10. The van der Waals surface area contributed by atoms with E-state index in [2.05, 4.69) is 30.9 Å². The lowest BCUT2D eigenvalue weighted by atomic mass is 10.1. The molecular weight excluding hydrogens is 326 g/mol.